The van der Waals surface area contributed by atoms with Gasteiger partial charge >= 0.3 is 0 Å². The number of amides is 1. The number of carbonyl (C=O) groups is 1. The zero-order valence-electron chi connectivity index (χ0n) is 15.3. The van der Waals surface area contributed by atoms with Crippen molar-refractivity contribution >= 4 is 28.8 Å². The van der Waals surface area contributed by atoms with Gasteiger partial charge in [0.05, 0.1) is 6.33 Å². The van der Waals surface area contributed by atoms with Crippen LogP contribution in [0.5, 0.6) is 0 Å². The van der Waals surface area contributed by atoms with Crippen LogP contribution >= 0.6 is 0 Å². The second-order valence-corrected chi connectivity index (χ2v) is 6.77. The Hall–Kier alpha value is -3.30. The maximum atomic E-state index is 12.9. The molecule has 3 aromatic rings. The molecule has 140 valence electrons. The first-order chi connectivity index (χ1) is 13.0. The number of aromatic nitrogens is 6. The molecule has 1 aliphatic heterocycles. The molecule has 10 heteroatoms. The minimum Gasteiger partial charge on any atom is -0.368 e. The number of rotatable bonds is 3. The summed E-state index contributed by atoms with van der Waals surface area (Å²) in [6.45, 7) is 6.47. The van der Waals surface area contributed by atoms with Crippen molar-refractivity contribution < 1.29 is 4.79 Å². The van der Waals surface area contributed by atoms with Crippen LogP contribution in [0.3, 0.4) is 0 Å². The molecule has 0 atom stereocenters. The van der Waals surface area contributed by atoms with Gasteiger partial charge in [0.15, 0.2) is 11.5 Å². The average molecular weight is 367 g/mol. The van der Waals surface area contributed by atoms with Gasteiger partial charge < -0.3 is 20.5 Å². The van der Waals surface area contributed by atoms with Crippen LogP contribution in [0.15, 0.2) is 18.7 Å². The molecular weight excluding hydrogens is 346 g/mol. The van der Waals surface area contributed by atoms with Crippen molar-refractivity contribution in [2.24, 2.45) is 0 Å². The number of piperazine rings is 1. The minimum atomic E-state index is -0.125. The lowest BCUT2D eigenvalue weighted by Crippen LogP contribution is -2.49. The van der Waals surface area contributed by atoms with Crippen LogP contribution in [0.25, 0.3) is 11.2 Å². The molecule has 0 unspecified atom stereocenters. The Balaban J connectivity index is 1.49. The SMILES string of the molecule is CC(C)c1cc(C(=O)N2CCN(c3ncnc4nc[nH]c34)CC2)nc(N)n1. The van der Waals surface area contributed by atoms with Gasteiger partial charge in [0.25, 0.3) is 5.91 Å². The Labute approximate surface area is 155 Å². The fourth-order valence-electron chi connectivity index (χ4n) is 3.17. The Bertz CT molecular complexity index is 975. The number of hydrogen-bond donors (Lipinski definition) is 2. The largest absolute Gasteiger partial charge is 0.368 e. The summed E-state index contributed by atoms with van der Waals surface area (Å²) < 4.78 is 0. The Kier molecular flexibility index (Phi) is 4.30. The van der Waals surface area contributed by atoms with E-state index in [2.05, 4.69) is 34.8 Å². The second kappa shape index (κ2) is 6.78. The summed E-state index contributed by atoms with van der Waals surface area (Å²) in [4.78, 5) is 40.9. The second-order valence-electron chi connectivity index (χ2n) is 6.77. The molecule has 0 bridgehead atoms. The van der Waals surface area contributed by atoms with E-state index in [4.69, 9.17) is 5.73 Å². The number of hydrogen-bond acceptors (Lipinski definition) is 8. The van der Waals surface area contributed by atoms with Gasteiger partial charge in [-0.05, 0) is 12.0 Å². The quantitative estimate of drug-likeness (QED) is 0.695. The predicted molar refractivity (Wildman–Crippen MR) is 100 cm³/mol. The first-order valence-electron chi connectivity index (χ1n) is 8.85. The third kappa shape index (κ3) is 3.25. The number of imidazole rings is 1. The van der Waals surface area contributed by atoms with Crippen molar-refractivity contribution in [2.75, 3.05) is 36.8 Å². The number of aromatic amines is 1. The molecule has 0 saturated carbocycles. The summed E-state index contributed by atoms with van der Waals surface area (Å²) in [5.74, 6) is 0.983. The number of nitrogens with one attached hydrogen (secondary N) is 1. The highest BCUT2D eigenvalue weighted by Gasteiger charge is 2.26. The van der Waals surface area contributed by atoms with Crippen LogP contribution in [0, 0.1) is 0 Å². The summed E-state index contributed by atoms with van der Waals surface area (Å²) in [5.41, 5.74) is 8.34. The Morgan fingerprint density at radius 3 is 2.67 bits per heavy atom. The van der Waals surface area contributed by atoms with Crippen molar-refractivity contribution in [1.82, 2.24) is 34.8 Å². The number of H-pyrrole nitrogens is 1. The fraction of sp³-hybridized carbons (Fsp3) is 0.412. The van der Waals surface area contributed by atoms with E-state index in [-0.39, 0.29) is 17.8 Å². The summed E-state index contributed by atoms with van der Waals surface area (Å²) >= 11 is 0. The fourth-order valence-corrected chi connectivity index (χ4v) is 3.17. The predicted octanol–water partition coefficient (Wildman–Crippen LogP) is 0.811. The van der Waals surface area contributed by atoms with Crippen LogP contribution in [-0.4, -0.2) is 66.9 Å². The highest BCUT2D eigenvalue weighted by atomic mass is 16.2. The van der Waals surface area contributed by atoms with E-state index in [9.17, 15) is 4.79 Å². The summed E-state index contributed by atoms with van der Waals surface area (Å²) in [5, 5.41) is 0. The molecule has 4 rings (SSSR count). The number of carbonyl (C=O) groups excluding carboxylic acids is 1. The number of fused-ring (bicyclic) bond motifs is 1. The van der Waals surface area contributed by atoms with Crippen molar-refractivity contribution in [1.29, 1.82) is 0 Å². The highest BCUT2D eigenvalue weighted by Crippen LogP contribution is 2.21. The van der Waals surface area contributed by atoms with E-state index in [0.29, 0.717) is 37.5 Å². The molecule has 0 aromatic carbocycles. The molecule has 1 amide bonds. The lowest BCUT2D eigenvalue weighted by Gasteiger charge is -2.35. The highest BCUT2D eigenvalue weighted by molar-refractivity contribution is 5.93. The Morgan fingerprint density at radius 2 is 1.93 bits per heavy atom. The standard InChI is InChI=1S/C17H21N9O/c1-10(2)11-7-12(24-17(18)23-11)16(27)26-5-3-25(4-6-26)15-13-14(20-8-19-13)21-9-22-15/h7-10H,3-6H2,1-2H3,(H2,18,23,24)(H,19,20,21,22). The van der Waals surface area contributed by atoms with Crippen molar-refractivity contribution in [3.63, 3.8) is 0 Å². The van der Waals surface area contributed by atoms with Crippen LogP contribution < -0.4 is 10.6 Å². The third-order valence-electron chi connectivity index (χ3n) is 4.64. The molecule has 0 radical (unpaired) electrons. The van der Waals surface area contributed by atoms with Gasteiger partial charge in [-0.1, -0.05) is 13.8 Å². The average Bonchev–Trinajstić information content (AvgIpc) is 3.16. The van der Waals surface area contributed by atoms with E-state index >= 15 is 0 Å². The molecule has 3 N–H and O–H groups in total. The molecule has 3 aromatic heterocycles. The van der Waals surface area contributed by atoms with E-state index < -0.39 is 0 Å². The molecule has 0 aliphatic carbocycles. The van der Waals surface area contributed by atoms with Crippen molar-refractivity contribution in [3.8, 4) is 0 Å². The molecular formula is C17H21N9O. The van der Waals surface area contributed by atoms with Crippen molar-refractivity contribution in [2.45, 2.75) is 19.8 Å². The van der Waals surface area contributed by atoms with E-state index in [1.165, 1.54) is 6.33 Å². The zero-order valence-corrected chi connectivity index (χ0v) is 15.3. The number of nitrogens with two attached hydrogens (primary N) is 1. The smallest absolute Gasteiger partial charge is 0.272 e. The first-order valence-corrected chi connectivity index (χ1v) is 8.85. The van der Waals surface area contributed by atoms with Gasteiger partial charge in [-0.15, -0.1) is 0 Å². The lowest BCUT2D eigenvalue weighted by atomic mass is 10.1. The van der Waals surface area contributed by atoms with Crippen LogP contribution in [0.1, 0.15) is 35.9 Å². The van der Waals surface area contributed by atoms with E-state index in [1.807, 2.05) is 13.8 Å². The first kappa shape index (κ1) is 17.1. The monoisotopic (exact) mass is 367 g/mol. The number of anilines is 2. The van der Waals surface area contributed by atoms with Crippen LogP contribution in [-0.2, 0) is 0 Å². The minimum absolute atomic E-state index is 0.125. The Morgan fingerprint density at radius 1 is 1.15 bits per heavy atom. The molecule has 1 fully saturated rings. The molecule has 0 spiro atoms. The number of nitrogens with zero attached hydrogens (tertiary/aromatic N) is 7. The molecule has 27 heavy (non-hydrogen) atoms. The van der Waals surface area contributed by atoms with Crippen molar-refractivity contribution in [3.05, 3.63) is 30.1 Å². The van der Waals surface area contributed by atoms with Gasteiger partial charge in [-0.3, -0.25) is 4.79 Å². The van der Waals surface area contributed by atoms with Gasteiger partial charge in [-0.2, -0.15) is 0 Å². The topological polar surface area (TPSA) is 130 Å². The van der Waals surface area contributed by atoms with E-state index in [1.54, 1.807) is 17.3 Å². The van der Waals surface area contributed by atoms with Gasteiger partial charge in [0.2, 0.25) is 5.95 Å². The molecule has 4 heterocycles. The zero-order chi connectivity index (χ0) is 19.0. The van der Waals surface area contributed by atoms with Gasteiger partial charge in [-0.25, -0.2) is 24.9 Å². The maximum absolute atomic E-state index is 12.9. The number of nitrogen functional groups attached to an aromatic ring is 1. The lowest BCUT2D eigenvalue weighted by molar-refractivity contribution is 0.0740. The van der Waals surface area contributed by atoms with E-state index in [0.717, 1.165) is 17.0 Å². The third-order valence-corrected chi connectivity index (χ3v) is 4.64. The van der Waals surface area contributed by atoms with Gasteiger partial charge in [0, 0.05) is 31.9 Å². The summed E-state index contributed by atoms with van der Waals surface area (Å²) in [6.07, 6.45) is 3.11. The van der Waals surface area contributed by atoms with Gasteiger partial charge in [0.1, 0.15) is 17.5 Å². The molecule has 1 aliphatic rings. The molecule has 1 saturated heterocycles. The molecule has 10 nitrogen and oxygen atoms in total. The maximum Gasteiger partial charge on any atom is 0.272 e. The van der Waals surface area contributed by atoms with Crippen LogP contribution in [0.4, 0.5) is 11.8 Å². The summed E-state index contributed by atoms with van der Waals surface area (Å²) in [7, 11) is 0. The normalized spacial score (nSPS) is 14.9. The summed E-state index contributed by atoms with van der Waals surface area (Å²) in [6, 6.07) is 1.73. The van der Waals surface area contributed by atoms with Crippen LogP contribution in [0.2, 0.25) is 0 Å².